The van der Waals surface area contributed by atoms with Crippen LogP contribution in [0.1, 0.15) is 12.3 Å². The summed E-state index contributed by atoms with van der Waals surface area (Å²) in [6.45, 7) is 0. The molecule has 5 nitrogen and oxygen atoms in total. The second-order valence-electron chi connectivity index (χ2n) is 5.41. The van der Waals surface area contributed by atoms with E-state index in [1.807, 2.05) is 48.5 Å². The molecule has 0 fully saturated rings. The number of methoxy groups -OCH3 is 1. The Hall–Kier alpha value is -2.60. The van der Waals surface area contributed by atoms with Crippen molar-refractivity contribution >= 4 is 27.5 Å². The summed E-state index contributed by atoms with van der Waals surface area (Å²) in [5.74, 6) is 1.86. The zero-order valence-electron chi connectivity index (χ0n) is 13.7. The molecule has 0 spiro atoms. The van der Waals surface area contributed by atoms with Crippen LogP contribution in [0.25, 0.3) is 11.3 Å². The van der Waals surface area contributed by atoms with Crippen molar-refractivity contribution in [2.45, 2.75) is 12.8 Å². The van der Waals surface area contributed by atoms with E-state index in [0.29, 0.717) is 24.5 Å². The fraction of sp³-hybridized carbons (Fsp3) is 0.158. The lowest BCUT2D eigenvalue weighted by atomic mass is 10.2. The molecule has 0 aliphatic heterocycles. The summed E-state index contributed by atoms with van der Waals surface area (Å²) in [4.78, 5) is 16.3. The second-order valence-corrected chi connectivity index (χ2v) is 6.32. The zero-order valence-corrected chi connectivity index (χ0v) is 15.2. The lowest BCUT2D eigenvalue weighted by molar-refractivity contribution is -0.116. The molecule has 0 radical (unpaired) electrons. The topological polar surface area (TPSA) is 64.4 Å². The van der Waals surface area contributed by atoms with Crippen LogP contribution in [0.3, 0.4) is 0 Å². The molecule has 0 bridgehead atoms. The van der Waals surface area contributed by atoms with E-state index in [4.69, 9.17) is 9.15 Å². The van der Waals surface area contributed by atoms with Crippen molar-refractivity contribution in [2.24, 2.45) is 0 Å². The van der Waals surface area contributed by atoms with E-state index < -0.39 is 0 Å². The zero-order chi connectivity index (χ0) is 17.6. The van der Waals surface area contributed by atoms with Crippen LogP contribution in [0.5, 0.6) is 5.75 Å². The molecule has 6 heteroatoms. The molecule has 0 aliphatic carbocycles. The van der Waals surface area contributed by atoms with E-state index in [2.05, 4.69) is 26.2 Å². The van der Waals surface area contributed by atoms with Crippen LogP contribution in [0.2, 0.25) is 0 Å². The second kappa shape index (κ2) is 7.98. The van der Waals surface area contributed by atoms with Gasteiger partial charge in [-0.05, 0) is 36.4 Å². The monoisotopic (exact) mass is 400 g/mol. The molecule has 0 saturated heterocycles. The molecule has 0 aliphatic rings. The number of amides is 1. The maximum Gasteiger partial charge on any atom is 0.224 e. The first-order valence-corrected chi connectivity index (χ1v) is 8.58. The maximum absolute atomic E-state index is 12.0. The number of carbonyl (C=O) groups is 1. The Morgan fingerprint density at radius 1 is 1.24 bits per heavy atom. The summed E-state index contributed by atoms with van der Waals surface area (Å²) in [5, 5.41) is 2.85. The average molecular weight is 401 g/mol. The van der Waals surface area contributed by atoms with E-state index in [1.165, 1.54) is 0 Å². The van der Waals surface area contributed by atoms with Gasteiger partial charge in [0.15, 0.2) is 11.7 Å². The SMILES string of the molecule is COc1cccc(-c2cnc(CCC(=O)Nc3ccc(Br)cc3)o2)c1. The Kier molecular flexibility index (Phi) is 5.50. The predicted molar refractivity (Wildman–Crippen MR) is 99.6 cm³/mol. The van der Waals surface area contributed by atoms with Crippen LogP contribution in [0.4, 0.5) is 5.69 Å². The molecule has 3 rings (SSSR count). The molecule has 0 saturated carbocycles. The minimum Gasteiger partial charge on any atom is -0.497 e. The number of ether oxygens (including phenoxy) is 1. The lowest BCUT2D eigenvalue weighted by Crippen LogP contribution is -2.12. The highest BCUT2D eigenvalue weighted by atomic mass is 79.9. The van der Waals surface area contributed by atoms with Crippen molar-refractivity contribution in [3.8, 4) is 17.1 Å². The van der Waals surface area contributed by atoms with Crippen LogP contribution in [-0.4, -0.2) is 18.0 Å². The van der Waals surface area contributed by atoms with Gasteiger partial charge in [0, 0.05) is 28.6 Å². The Balaban J connectivity index is 1.57. The van der Waals surface area contributed by atoms with E-state index in [0.717, 1.165) is 21.5 Å². The third-order valence-electron chi connectivity index (χ3n) is 3.60. The van der Waals surface area contributed by atoms with Gasteiger partial charge in [-0.2, -0.15) is 0 Å². The number of oxazole rings is 1. The largest absolute Gasteiger partial charge is 0.497 e. The van der Waals surface area contributed by atoms with E-state index in [-0.39, 0.29) is 5.91 Å². The minimum atomic E-state index is -0.0801. The van der Waals surface area contributed by atoms with Crippen molar-refractivity contribution in [1.82, 2.24) is 4.98 Å². The Labute approximate surface area is 154 Å². The summed E-state index contributed by atoms with van der Waals surface area (Å²) < 4.78 is 11.9. The molecule has 128 valence electrons. The third kappa shape index (κ3) is 4.70. The minimum absolute atomic E-state index is 0.0801. The number of aromatic nitrogens is 1. The normalized spacial score (nSPS) is 10.5. The number of benzene rings is 2. The standard InChI is InChI=1S/C19H17BrN2O3/c1-24-16-4-2-3-13(11-16)17-12-21-19(25-17)10-9-18(23)22-15-7-5-14(20)6-8-15/h2-8,11-12H,9-10H2,1H3,(H,22,23). The van der Waals surface area contributed by atoms with Crippen LogP contribution >= 0.6 is 15.9 Å². The molecular formula is C19H17BrN2O3. The van der Waals surface area contributed by atoms with Gasteiger partial charge in [-0.15, -0.1) is 0 Å². The summed E-state index contributed by atoms with van der Waals surface area (Å²) in [6, 6.07) is 15.0. The van der Waals surface area contributed by atoms with Crippen molar-refractivity contribution in [1.29, 1.82) is 0 Å². The number of hydrogen-bond acceptors (Lipinski definition) is 4. The first-order chi connectivity index (χ1) is 12.1. The fourth-order valence-electron chi connectivity index (χ4n) is 2.31. The summed E-state index contributed by atoms with van der Waals surface area (Å²) in [6.07, 6.45) is 2.40. The van der Waals surface area contributed by atoms with Crippen molar-refractivity contribution in [3.05, 3.63) is 65.1 Å². The van der Waals surface area contributed by atoms with Gasteiger partial charge in [0.1, 0.15) is 5.75 Å². The van der Waals surface area contributed by atoms with E-state index >= 15 is 0 Å². The number of hydrogen-bond donors (Lipinski definition) is 1. The van der Waals surface area contributed by atoms with Gasteiger partial charge in [0.25, 0.3) is 0 Å². The summed E-state index contributed by atoms with van der Waals surface area (Å²) >= 11 is 3.36. The summed E-state index contributed by atoms with van der Waals surface area (Å²) in [7, 11) is 1.62. The molecular weight excluding hydrogens is 384 g/mol. The predicted octanol–water partition coefficient (Wildman–Crippen LogP) is 4.68. The number of anilines is 1. The van der Waals surface area contributed by atoms with Crippen molar-refractivity contribution in [2.75, 3.05) is 12.4 Å². The Bertz CT molecular complexity index is 859. The van der Waals surface area contributed by atoms with Crippen molar-refractivity contribution < 1.29 is 13.9 Å². The number of nitrogens with one attached hydrogen (secondary N) is 1. The molecule has 3 aromatic rings. The van der Waals surface area contributed by atoms with Crippen LogP contribution < -0.4 is 10.1 Å². The summed E-state index contributed by atoms with van der Waals surface area (Å²) in [5.41, 5.74) is 1.65. The van der Waals surface area contributed by atoms with Crippen LogP contribution in [-0.2, 0) is 11.2 Å². The fourth-order valence-corrected chi connectivity index (χ4v) is 2.58. The van der Waals surface area contributed by atoms with Gasteiger partial charge < -0.3 is 14.5 Å². The molecule has 2 aromatic carbocycles. The third-order valence-corrected chi connectivity index (χ3v) is 4.13. The average Bonchev–Trinajstić information content (AvgIpc) is 3.11. The first kappa shape index (κ1) is 17.2. The quantitative estimate of drug-likeness (QED) is 0.651. The smallest absolute Gasteiger partial charge is 0.224 e. The van der Waals surface area contributed by atoms with Gasteiger partial charge in [0.05, 0.1) is 13.3 Å². The van der Waals surface area contributed by atoms with Gasteiger partial charge in [-0.3, -0.25) is 4.79 Å². The lowest BCUT2D eigenvalue weighted by Gasteiger charge is -2.04. The van der Waals surface area contributed by atoms with Gasteiger partial charge >= 0.3 is 0 Å². The maximum atomic E-state index is 12.0. The van der Waals surface area contributed by atoms with Crippen LogP contribution in [0.15, 0.2) is 63.6 Å². The molecule has 1 heterocycles. The molecule has 1 N–H and O–H groups in total. The Morgan fingerprint density at radius 3 is 2.80 bits per heavy atom. The first-order valence-electron chi connectivity index (χ1n) is 7.78. The molecule has 25 heavy (non-hydrogen) atoms. The van der Waals surface area contributed by atoms with Crippen LogP contribution in [0, 0.1) is 0 Å². The van der Waals surface area contributed by atoms with Gasteiger partial charge in [-0.25, -0.2) is 4.98 Å². The van der Waals surface area contributed by atoms with E-state index in [9.17, 15) is 4.79 Å². The molecule has 0 atom stereocenters. The Morgan fingerprint density at radius 2 is 2.04 bits per heavy atom. The number of nitrogens with zero attached hydrogens (tertiary/aromatic N) is 1. The molecule has 1 aromatic heterocycles. The highest BCUT2D eigenvalue weighted by Gasteiger charge is 2.10. The number of halogens is 1. The van der Waals surface area contributed by atoms with Gasteiger partial charge in [0.2, 0.25) is 5.91 Å². The van der Waals surface area contributed by atoms with Crippen molar-refractivity contribution in [3.63, 3.8) is 0 Å². The number of aryl methyl sites for hydroxylation is 1. The van der Waals surface area contributed by atoms with E-state index in [1.54, 1.807) is 13.3 Å². The number of rotatable bonds is 6. The molecule has 0 unspecified atom stereocenters. The highest BCUT2D eigenvalue weighted by Crippen LogP contribution is 2.24. The molecule has 1 amide bonds. The highest BCUT2D eigenvalue weighted by molar-refractivity contribution is 9.10. The number of carbonyl (C=O) groups excluding carboxylic acids is 1. The van der Waals surface area contributed by atoms with Gasteiger partial charge in [-0.1, -0.05) is 28.1 Å².